The Labute approximate surface area is 118 Å². The molecule has 0 spiro atoms. The average Bonchev–Trinajstić information content (AvgIpc) is 2.90. The molecule has 5 heteroatoms. The molecule has 1 aromatic carbocycles. The first kappa shape index (κ1) is 13.1. The number of aromatic nitrogens is 2. The van der Waals surface area contributed by atoms with Gasteiger partial charge in [0.25, 0.3) is 0 Å². The summed E-state index contributed by atoms with van der Waals surface area (Å²) in [6, 6.07) is 6.80. The van der Waals surface area contributed by atoms with Gasteiger partial charge in [-0.3, -0.25) is 0 Å². The largest absolute Gasteiger partial charge is 0.497 e. The minimum Gasteiger partial charge on any atom is -0.497 e. The molecule has 0 radical (unpaired) electrons. The highest BCUT2D eigenvalue weighted by molar-refractivity contribution is 5.37. The number of benzene rings is 1. The maximum Gasteiger partial charge on any atom is 0.223 e. The SMILES string of the molecule is COc1ccc2c(c1)CC(NCc1noc(C)n1)CC2. The van der Waals surface area contributed by atoms with E-state index in [2.05, 4.69) is 27.6 Å². The molecule has 1 aliphatic rings. The van der Waals surface area contributed by atoms with Crippen LogP contribution in [0.1, 0.15) is 29.3 Å². The average molecular weight is 273 g/mol. The fraction of sp³-hybridized carbons (Fsp3) is 0.467. The summed E-state index contributed by atoms with van der Waals surface area (Å²) in [5, 5.41) is 7.41. The molecule has 0 aliphatic heterocycles. The van der Waals surface area contributed by atoms with E-state index in [4.69, 9.17) is 9.26 Å². The quantitative estimate of drug-likeness (QED) is 0.923. The molecule has 0 amide bonds. The lowest BCUT2D eigenvalue weighted by atomic mass is 9.88. The van der Waals surface area contributed by atoms with Crippen LogP contribution >= 0.6 is 0 Å². The Morgan fingerprint density at radius 3 is 3.05 bits per heavy atom. The van der Waals surface area contributed by atoms with Crippen molar-refractivity contribution in [3.63, 3.8) is 0 Å². The van der Waals surface area contributed by atoms with Gasteiger partial charge in [0.2, 0.25) is 5.89 Å². The lowest BCUT2D eigenvalue weighted by Gasteiger charge is -2.25. The standard InChI is InChI=1S/C15H19N3O2/c1-10-17-15(18-20-10)9-16-13-5-3-11-4-6-14(19-2)8-12(11)7-13/h4,6,8,13,16H,3,5,7,9H2,1-2H3. The van der Waals surface area contributed by atoms with Crippen molar-refractivity contribution >= 4 is 0 Å². The summed E-state index contributed by atoms with van der Waals surface area (Å²) in [6.07, 6.45) is 3.25. The van der Waals surface area contributed by atoms with E-state index in [-0.39, 0.29) is 0 Å². The van der Waals surface area contributed by atoms with Gasteiger partial charge in [0.15, 0.2) is 5.82 Å². The van der Waals surface area contributed by atoms with E-state index in [9.17, 15) is 0 Å². The second-order valence-electron chi connectivity index (χ2n) is 5.18. The Bertz CT molecular complexity index is 595. The number of fused-ring (bicyclic) bond motifs is 1. The van der Waals surface area contributed by atoms with Crippen molar-refractivity contribution in [2.45, 2.75) is 38.8 Å². The molecule has 0 fully saturated rings. The van der Waals surface area contributed by atoms with Crippen LogP contribution in [0.15, 0.2) is 22.7 Å². The van der Waals surface area contributed by atoms with Crippen molar-refractivity contribution in [2.24, 2.45) is 0 Å². The number of nitrogens with one attached hydrogen (secondary N) is 1. The van der Waals surface area contributed by atoms with Crippen LogP contribution in [-0.2, 0) is 19.4 Å². The van der Waals surface area contributed by atoms with E-state index in [0.29, 0.717) is 18.5 Å². The molecule has 2 aromatic rings. The van der Waals surface area contributed by atoms with Gasteiger partial charge >= 0.3 is 0 Å². The second-order valence-corrected chi connectivity index (χ2v) is 5.18. The van der Waals surface area contributed by atoms with E-state index >= 15 is 0 Å². The van der Waals surface area contributed by atoms with Gasteiger partial charge in [-0.2, -0.15) is 4.98 Å². The molecule has 0 saturated carbocycles. The number of nitrogens with zero attached hydrogens (tertiary/aromatic N) is 2. The zero-order valence-corrected chi connectivity index (χ0v) is 11.8. The highest BCUT2D eigenvalue weighted by Crippen LogP contribution is 2.25. The molecule has 20 heavy (non-hydrogen) atoms. The van der Waals surface area contributed by atoms with Crippen molar-refractivity contribution in [1.82, 2.24) is 15.5 Å². The predicted molar refractivity (Wildman–Crippen MR) is 74.7 cm³/mol. The fourth-order valence-corrected chi connectivity index (χ4v) is 2.68. The van der Waals surface area contributed by atoms with Gasteiger partial charge in [-0.1, -0.05) is 11.2 Å². The van der Waals surface area contributed by atoms with Crippen molar-refractivity contribution in [3.8, 4) is 5.75 Å². The van der Waals surface area contributed by atoms with Crippen LogP contribution in [-0.4, -0.2) is 23.3 Å². The van der Waals surface area contributed by atoms with E-state index < -0.39 is 0 Å². The summed E-state index contributed by atoms with van der Waals surface area (Å²) in [4.78, 5) is 4.21. The zero-order chi connectivity index (χ0) is 13.9. The van der Waals surface area contributed by atoms with Crippen molar-refractivity contribution in [3.05, 3.63) is 41.0 Å². The third-order valence-corrected chi connectivity index (χ3v) is 3.76. The molecule has 1 aromatic heterocycles. The summed E-state index contributed by atoms with van der Waals surface area (Å²) in [6.45, 7) is 2.46. The van der Waals surface area contributed by atoms with Crippen molar-refractivity contribution in [1.29, 1.82) is 0 Å². The third-order valence-electron chi connectivity index (χ3n) is 3.76. The van der Waals surface area contributed by atoms with Crippen molar-refractivity contribution < 1.29 is 9.26 Å². The lowest BCUT2D eigenvalue weighted by Crippen LogP contribution is -2.34. The van der Waals surface area contributed by atoms with E-state index in [1.165, 1.54) is 11.1 Å². The molecule has 1 aliphatic carbocycles. The molecular weight excluding hydrogens is 254 g/mol. The molecule has 3 rings (SSSR count). The van der Waals surface area contributed by atoms with E-state index in [0.717, 1.165) is 30.8 Å². The first-order chi connectivity index (χ1) is 9.74. The monoisotopic (exact) mass is 273 g/mol. The molecule has 1 N–H and O–H groups in total. The summed E-state index contributed by atoms with van der Waals surface area (Å²) >= 11 is 0. The minimum atomic E-state index is 0.452. The van der Waals surface area contributed by atoms with Crippen LogP contribution in [0, 0.1) is 6.92 Å². The van der Waals surface area contributed by atoms with Crippen LogP contribution in [0.25, 0.3) is 0 Å². The summed E-state index contributed by atoms with van der Waals surface area (Å²) < 4.78 is 10.3. The Morgan fingerprint density at radius 1 is 1.40 bits per heavy atom. The van der Waals surface area contributed by atoms with Gasteiger partial charge in [0.1, 0.15) is 5.75 Å². The number of aryl methyl sites for hydroxylation is 2. The first-order valence-electron chi connectivity index (χ1n) is 6.93. The molecule has 1 unspecified atom stereocenters. The van der Waals surface area contributed by atoms with E-state index in [1.54, 1.807) is 14.0 Å². The second kappa shape index (κ2) is 5.63. The number of hydrogen-bond acceptors (Lipinski definition) is 5. The molecule has 106 valence electrons. The Kier molecular flexibility index (Phi) is 3.69. The zero-order valence-electron chi connectivity index (χ0n) is 11.8. The Balaban J connectivity index is 1.62. The molecule has 0 bridgehead atoms. The highest BCUT2D eigenvalue weighted by Gasteiger charge is 2.19. The number of rotatable bonds is 4. The van der Waals surface area contributed by atoms with Gasteiger partial charge in [0, 0.05) is 13.0 Å². The molecule has 5 nitrogen and oxygen atoms in total. The first-order valence-corrected chi connectivity index (χ1v) is 6.93. The van der Waals surface area contributed by atoms with Gasteiger partial charge < -0.3 is 14.6 Å². The van der Waals surface area contributed by atoms with Gasteiger partial charge in [-0.05, 0) is 42.5 Å². The van der Waals surface area contributed by atoms with Gasteiger partial charge in [-0.25, -0.2) is 0 Å². The van der Waals surface area contributed by atoms with E-state index in [1.807, 2.05) is 6.07 Å². The molecule has 1 atom stereocenters. The third kappa shape index (κ3) is 2.82. The smallest absolute Gasteiger partial charge is 0.223 e. The summed E-state index contributed by atoms with van der Waals surface area (Å²) in [5.41, 5.74) is 2.80. The lowest BCUT2D eigenvalue weighted by molar-refractivity contribution is 0.380. The predicted octanol–water partition coefficient (Wildman–Crippen LogP) is 2.03. The van der Waals surface area contributed by atoms with Crippen molar-refractivity contribution in [2.75, 3.05) is 7.11 Å². The fourth-order valence-electron chi connectivity index (χ4n) is 2.68. The van der Waals surface area contributed by atoms with Crippen LogP contribution in [0.2, 0.25) is 0 Å². The Morgan fingerprint density at radius 2 is 2.30 bits per heavy atom. The normalized spacial score (nSPS) is 17.8. The summed E-state index contributed by atoms with van der Waals surface area (Å²) in [7, 11) is 1.71. The number of ether oxygens (including phenoxy) is 1. The van der Waals surface area contributed by atoms with Crippen LogP contribution < -0.4 is 10.1 Å². The highest BCUT2D eigenvalue weighted by atomic mass is 16.5. The molecular formula is C15H19N3O2. The molecule has 0 saturated heterocycles. The van der Waals surface area contributed by atoms with Gasteiger partial charge in [0.05, 0.1) is 13.7 Å². The molecule has 1 heterocycles. The Hall–Kier alpha value is -1.88. The minimum absolute atomic E-state index is 0.452. The summed E-state index contributed by atoms with van der Waals surface area (Å²) in [5.74, 6) is 2.26. The number of methoxy groups -OCH3 is 1. The topological polar surface area (TPSA) is 60.2 Å². The maximum atomic E-state index is 5.29. The van der Waals surface area contributed by atoms with Crippen LogP contribution in [0.3, 0.4) is 0 Å². The van der Waals surface area contributed by atoms with Gasteiger partial charge in [-0.15, -0.1) is 0 Å². The van der Waals surface area contributed by atoms with Crippen LogP contribution in [0.5, 0.6) is 5.75 Å². The number of hydrogen-bond donors (Lipinski definition) is 1. The maximum absolute atomic E-state index is 5.29. The van der Waals surface area contributed by atoms with Crippen LogP contribution in [0.4, 0.5) is 0 Å².